The van der Waals surface area contributed by atoms with E-state index in [1.54, 1.807) is 0 Å². The van der Waals surface area contributed by atoms with Crippen molar-refractivity contribution in [3.8, 4) is 5.75 Å². The Morgan fingerprint density at radius 1 is 1.44 bits per heavy atom. The summed E-state index contributed by atoms with van der Waals surface area (Å²) in [4.78, 5) is 11.7. The molecule has 1 saturated carbocycles. The molecule has 0 atom stereocenters. The first-order valence-electron chi connectivity index (χ1n) is 5.46. The van der Waals surface area contributed by atoms with Gasteiger partial charge < -0.3 is 10.1 Å². The number of hydrogen-bond donors (Lipinski definition) is 1. The van der Waals surface area contributed by atoms with E-state index in [-0.39, 0.29) is 17.0 Å². The molecule has 0 spiro atoms. The van der Waals surface area contributed by atoms with E-state index in [1.807, 2.05) is 6.92 Å². The van der Waals surface area contributed by atoms with E-state index in [9.17, 15) is 18.0 Å². The van der Waals surface area contributed by atoms with Crippen molar-refractivity contribution in [2.75, 3.05) is 5.32 Å². The summed E-state index contributed by atoms with van der Waals surface area (Å²) in [6.45, 7) is -1.27. The van der Waals surface area contributed by atoms with Crippen LogP contribution in [-0.2, 0) is 4.79 Å². The van der Waals surface area contributed by atoms with Crippen LogP contribution in [0.2, 0.25) is 0 Å². The van der Waals surface area contributed by atoms with Crippen molar-refractivity contribution in [3.05, 3.63) is 24.0 Å². The Balaban J connectivity index is 2.06. The third-order valence-corrected chi connectivity index (χ3v) is 2.95. The average Bonchev–Trinajstić information content (AvgIpc) is 3.01. The van der Waals surface area contributed by atoms with Crippen molar-refractivity contribution in [2.24, 2.45) is 5.41 Å². The van der Waals surface area contributed by atoms with Crippen molar-refractivity contribution in [1.82, 2.24) is 0 Å². The van der Waals surface area contributed by atoms with Gasteiger partial charge in [-0.2, -0.15) is 8.78 Å². The molecular weight excluding hydrogens is 247 g/mol. The first kappa shape index (κ1) is 12.7. The highest BCUT2D eigenvalue weighted by Gasteiger charge is 2.44. The minimum Gasteiger partial charge on any atom is -0.432 e. The second-order valence-corrected chi connectivity index (χ2v) is 4.54. The molecule has 18 heavy (non-hydrogen) atoms. The van der Waals surface area contributed by atoms with Crippen molar-refractivity contribution in [1.29, 1.82) is 0 Å². The van der Waals surface area contributed by atoms with Crippen LogP contribution in [0.15, 0.2) is 18.2 Å². The number of hydrogen-bond acceptors (Lipinski definition) is 2. The monoisotopic (exact) mass is 259 g/mol. The maximum absolute atomic E-state index is 13.4. The van der Waals surface area contributed by atoms with E-state index >= 15 is 0 Å². The first-order chi connectivity index (χ1) is 8.40. The molecule has 0 saturated heterocycles. The number of anilines is 1. The maximum atomic E-state index is 13.4. The van der Waals surface area contributed by atoms with Gasteiger partial charge in [-0.05, 0) is 25.0 Å². The van der Waals surface area contributed by atoms with Gasteiger partial charge in [0.25, 0.3) is 0 Å². The zero-order chi connectivity index (χ0) is 13.3. The minimum absolute atomic E-state index is 0.190. The second-order valence-electron chi connectivity index (χ2n) is 4.54. The van der Waals surface area contributed by atoms with Gasteiger partial charge in [0, 0.05) is 17.2 Å². The number of nitrogens with one attached hydrogen (secondary N) is 1. The van der Waals surface area contributed by atoms with Gasteiger partial charge in [0.2, 0.25) is 5.91 Å². The Morgan fingerprint density at radius 3 is 2.61 bits per heavy atom. The Kier molecular flexibility index (Phi) is 3.19. The highest BCUT2D eigenvalue weighted by atomic mass is 19.3. The molecule has 0 aromatic heterocycles. The highest BCUT2D eigenvalue weighted by molar-refractivity contribution is 5.96. The van der Waals surface area contributed by atoms with Gasteiger partial charge >= 0.3 is 6.61 Å². The summed E-state index contributed by atoms with van der Waals surface area (Å²) >= 11 is 0. The summed E-state index contributed by atoms with van der Waals surface area (Å²) in [5.41, 5.74) is -0.151. The average molecular weight is 259 g/mol. The lowest BCUT2D eigenvalue weighted by atomic mass is 10.1. The SMILES string of the molecule is CC1(C(=O)Nc2ccc(OC(F)F)c(F)c2)CC1. The minimum atomic E-state index is -3.08. The summed E-state index contributed by atoms with van der Waals surface area (Å²) in [6.07, 6.45) is 1.60. The predicted octanol–water partition coefficient (Wildman–Crippen LogP) is 3.17. The molecule has 0 bridgehead atoms. The van der Waals surface area contributed by atoms with Gasteiger partial charge in [-0.25, -0.2) is 4.39 Å². The van der Waals surface area contributed by atoms with Crippen molar-refractivity contribution >= 4 is 11.6 Å². The largest absolute Gasteiger partial charge is 0.432 e. The summed E-state index contributed by atoms with van der Waals surface area (Å²) in [5.74, 6) is -1.67. The molecule has 0 radical (unpaired) electrons. The van der Waals surface area contributed by atoms with Crippen LogP contribution in [0.5, 0.6) is 5.75 Å². The molecule has 1 aliphatic rings. The molecular formula is C12H12F3NO2. The van der Waals surface area contributed by atoms with E-state index in [0.29, 0.717) is 0 Å². The Labute approximate surface area is 102 Å². The summed E-state index contributed by atoms with van der Waals surface area (Å²) in [7, 11) is 0. The van der Waals surface area contributed by atoms with Crippen LogP contribution in [0.4, 0.5) is 18.9 Å². The standard InChI is InChI=1S/C12H12F3NO2/c1-12(4-5-12)10(17)16-7-2-3-9(8(13)6-7)18-11(14)15/h2-3,6,11H,4-5H2,1H3,(H,16,17). The fraction of sp³-hybridized carbons (Fsp3) is 0.417. The molecule has 2 rings (SSSR count). The van der Waals surface area contributed by atoms with Gasteiger partial charge in [0.1, 0.15) is 0 Å². The highest BCUT2D eigenvalue weighted by Crippen LogP contribution is 2.45. The number of carbonyl (C=O) groups is 1. The molecule has 3 nitrogen and oxygen atoms in total. The van der Waals surface area contributed by atoms with Crippen LogP contribution in [0, 0.1) is 11.2 Å². The number of amides is 1. The number of benzene rings is 1. The van der Waals surface area contributed by atoms with Crippen LogP contribution in [-0.4, -0.2) is 12.5 Å². The van der Waals surface area contributed by atoms with E-state index in [4.69, 9.17) is 0 Å². The molecule has 1 aliphatic carbocycles. The molecule has 98 valence electrons. The lowest BCUT2D eigenvalue weighted by Crippen LogP contribution is -2.21. The van der Waals surface area contributed by atoms with Crippen molar-refractivity contribution in [3.63, 3.8) is 0 Å². The van der Waals surface area contributed by atoms with Crippen LogP contribution in [0.1, 0.15) is 19.8 Å². The lowest BCUT2D eigenvalue weighted by molar-refractivity contribution is -0.120. The smallest absolute Gasteiger partial charge is 0.387 e. The summed E-state index contributed by atoms with van der Waals surface area (Å²) < 4.78 is 41.2. The zero-order valence-corrected chi connectivity index (χ0v) is 9.67. The van der Waals surface area contributed by atoms with Gasteiger partial charge in [-0.3, -0.25) is 4.79 Å². The molecule has 1 fully saturated rings. The first-order valence-corrected chi connectivity index (χ1v) is 5.46. The normalized spacial score (nSPS) is 16.5. The van der Waals surface area contributed by atoms with Gasteiger partial charge in [0.05, 0.1) is 0 Å². The fourth-order valence-corrected chi connectivity index (χ4v) is 1.47. The lowest BCUT2D eigenvalue weighted by Gasteiger charge is -2.11. The van der Waals surface area contributed by atoms with E-state index in [0.717, 1.165) is 25.0 Å². The molecule has 6 heteroatoms. The number of rotatable bonds is 4. The number of ether oxygens (including phenoxy) is 1. The third kappa shape index (κ3) is 2.75. The van der Waals surface area contributed by atoms with E-state index in [1.165, 1.54) is 6.07 Å². The predicted molar refractivity (Wildman–Crippen MR) is 59.0 cm³/mol. The fourth-order valence-electron chi connectivity index (χ4n) is 1.47. The van der Waals surface area contributed by atoms with Crippen molar-refractivity contribution < 1.29 is 22.7 Å². The molecule has 1 amide bonds. The topological polar surface area (TPSA) is 38.3 Å². The van der Waals surface area contributed by atoms with Crippen LogP contribution < -0.4 is 10.1 Å². The molecule has 0 unspecified atom stereocenters. The van der Waals surface area contributed by atoms with Gasteiger partial charge in [-0.1, -0.05) is 6.92 Å². The number of halogens is 3. The van der Waals surface area contributed by atoms with Crippen molar-refractivity contribution in [2.45, 2.75) is 26.4 Å². The van der Waals surface area contributed by atoms with Crippen LogP contribution >= 0.6 is 0 Å². The van der Waals surface area contributed by atoms with Gasteiger partial charge in [0.15, 0.2) is 11.6 Å². The molecule has 0 aliphatic heterocycles. The van der Waals surface area contributed by atoms with Crippen LogP contribution in [0.3, 0.4) is 0 Å². The summed E-state index contributed by atoms with van der Waals surface area (Å²) in [6, 6.07) is 3.35. The van der Waals surface area contributed by atoms with E-state index < -0.39 is 18.2 Å². The molecule has 0 heterocycles. The second kappa shape index (κ2) is 4.51. The third-order valence-electron chi connectivity index (χ3n) is 2.95. The zero-order valence-electron chi connectivity index (χ0n) is 9.67. The van der Waals surface area contributed by atoms with Gasteiger partial charge in [-0.15, -0.1) is 0 Å². The molecule has 1 N–H and O–H groups in total. The number of carbonyl (C=O) groups excluding carboxylic acids is 1. The van der Waals surface area contributed by atoms with Crippen LogP contribution in [0.25, 0.3) is 0 Å². The molecule has 1 aromatic rings. The quantitative estimate of drug-likeness (QED) is 0.901. The maximum Gasteiger partial charge on any atom is 0.387 e. The number of alkyl halides is 2. The molecule has 1 aromatic carbocycles. The Morgan fingerprint density at radius 2 is 2.11 bits per heavy atom. The summed E-state index contributed by atoms with van der Waals surface area (Å²) in [5, 5.41) is 2.54. The Bertz CT molecular complexity index is 472. The van der Waals surface area contributed by atoms with E-state index in [2.05, 4.69) is 10.1 Å². The Hall–Kier alpha value is -1.72.